The predicted molar refractivity (Wildman–Crippen MR) is 117 cm³/mol. The van der Waals surface area contributed by atoms with Crippen molar-refractivity contribution >= 4 is 11.7 Å². The minimum Gasteiger partial charge on any atom is -0.315 e. The topological polar surface area (TPSA) is 75.9 Å². The third-order valence-corrected chi connectivity index (χ3v) is 6.34. The molecule has 1 aromatic heterocycles. The van der Waals surface area contributed by atoms with Gasteiger partial charge in [-0.1, -0.05) is 49.6 Å². The fourth-order valence-electron chi connectivity index (χ4n) is 4.37. The summed E-state index contributed by atoms with van der Waals surface area (Å²) in [7, 11) is 1.85. The van der Waals surface area contributed by atoms with Crippen LogP contribution in [0.5, 0.6) is 0 Å². The summed E-state index contributed by atoms with van der Waals surface area (Å²) >= 11 is 0. The number of aryl methyl sites for hydroxylation is 1. The van der Waals surface area contributed by atoms with Gasteiger partial charge in [-0.15, -0.1) is 5.10 Å². The van der Waals surface area contributed by atoms with Crippen molar-refractivity contribution in [2.45, 2.75) is 51.5 Å². The molecule has 1 N–H and O–H groups in total. The van der Waals surface area contributed by atoms with E-state index in [1.807, 2.05) is 54.2 Å². The Morgan fingerprint density at radius 2 is 1.77 bits per heavy atom. The van der Waals surface area contributed by atoms with Gasteiger partial charge < -0.3 is 10.2 Å². The van der Waals surface area contributed by atoms with E-state index in [0.717, 1.165) is 54.9 Å². The van der Waals surface area contributed by atoms with Crippen molar-refractivity contribution in [3.63, 3.8) is 0 Å². The smallest absolute Gasteiger partial charge is 0.315 e. The normalized spacial score (nSPS) is 15.6. The average Bonchev–Trinajstić information content (AvgIpc) is 3.26. The van der Waals surface area contributed by atoms with Gasteiger partial charge in [-0.25, -0.2) is 4.79 Å². The quantitative estimate of drug-likeness (QED) is 0.689. The van der Waals surface area contributed by atoms with Crippen LogP contribution >= 0.6 is 0 Å². The number of amides is 2. The first kappa shape index (κ1) is 20.1. The molecule has 0 radical (unpaired) electrons. The van der Waals surface area contributed by atoms with Gasteiger partial charge >= 0.3 is 6.03 Å². The second-order valence-electron chi connectivity index (χ2n) is 8.08. The van der Waals surface area contributed by atoms with Crippen LogP contribution in [0, 0.1) is 13.8 Å². The molecule has 0 saturated heterocycles. The van der Waals surface area contributed by atoms with E-state index in [4.69, 9.17) is 0 Å². The monoisotopic (exact) mass is 404 g/mol. The summed E-state index contributed by atoms with van der Waals surface area (Å²) in [4.78, 5) is 15.0. The molecule has 2 amide bonds. The third-order valence-electron chi connectivity index (χ3n) is 6.34. The number of carbonyl (C=O) groups is 1. The summed E-state index contributed by atoms with van der Waals surface area (Å²) in [6.45, 7) is 4.16. The van der Waals surface area contributed by atoms with Gasteiger partial charge in [0.05, 0.1) is 5.69 Å². The van der Waals surface area contributed by atoms with E-state index < -0.39 is 5.54 Å². The van der Waals surface area contributed by atoms with E-state index >= 15 is 0 Å². The maximum Gasteiger partial charge on any atom is 0.322 e. The zero-order valence-corrected chi connectivity index (χ0v) is 17.8. The molecule has 7 heteroatoms. The summed E-state index contributed by atoms with van der Waals surface area (Å²) in [5.74, 6) is 0.724. The minimum absolute atomic E-state index is 0.154. The number of hydrogen-bond donors (Lipinski definition) is 1. The molecule has 0 bridgehead atoms. The lowest BCUT2D eigenvalue weighted by atomic mass is 9.79. The molecule has 4 rings (SSSR count). The van der Waals surface area contributed by atoms with Crippen LogP contribution in [0.4, 0.5) is 10.5 Å². The highest BCUT2D eigenvalue weighted by Gasteiger charge is 2.45. The van der Waals surface area contributed by atoms with Crippen molar-refractivity contribution in [2.75, 3.05) is 12.4 Å². The Morgan fingerprint density at radius 3 is 2.50 bits per heavy atom. The number of hydrogen-bond acceptors (Lipinski definition) is 4. The Labute approximate surface area is 177 Å². The molecule has 156 valence electrons. The van der Waals surface area contributed by atoms with Gasteiger partial charge in [-0.2, -0.15) is 4.68 Å². The van der Waals surface area contributed by atoms with Gasteiger partial charge in [0.1, 0.15) is 5.54 Å². The summed E-state index contributed by atoms with van der Waals surface area (Å²) in [6.07, 6.45) is 4.88. The largest absolute Gasteiger partial charge is 0.322 e. The predicted octanol–water partition coefficient (Wildman–Crippen LogP) is 4.60. The Balaban J connectivity index is 1.74. The molecule has 0 unspecified atom stereocenters. The SMILES string of the molecule is Cc1cccc(-n2nnnc2C2(N(C)C(=O)Nc3ccccc3)CCCCC2)c1C. The Morgan fingerprint density at radius 1 is 1.03 bits per heavy atom. The standard InChI is InChI=1S/C23H28N6O/c1-17-11-10-14-20(18(17)2)29-21(25-26-27-29)23(15-8-5-9-16-23)28(3)22(30)24-19-12-6-4-7-13-19/h4,6-7,10-14H,5,8-9,15-16H2,1-3H3,(H,24,30). The molecule has 1 heterocycles. The van der Waals surface area contributed by atoms with E-state index in [2.05, 4.69) is 40.8 Å². The van der Waals surface area contributed by atoms with Gasteiger partial charge in [0.15, 0.2) is 5.82 Å². The van der Waals surface area contributed by atoms with Gasteiger partial charge in [-0.3, -0.25) is 0 Å². The van der Waals surface area contributed by atoms with Crippen LogP contribution in [0.1, 0.15) is 49.1 Å². The Kier molecular flexibility index (Phi) is 5.53. The number of aromatic nitrogens is 4. The molecular weight excluding hydrogens is 376 g/mol. The summed E-state index contributed by atoms with van der Waals surface area (Å²) in [5, 5.41) is 15.8. The van der Waals surface area contributed by atoms with Crippen LogP contribution in [0.15, 0.2) is 48.5 Å². The Hall–Kier alpha value is -3.22. The maximum atomic E-state index is 13.2. The van der Waals surface area contributed by atoms with Crippen LogP contribution in [-0.2, 0) is 5.54 Å². The molecule has 7 nitrogen and oxygen atoms in total. The van der Waals surface area contributed by atoms with Crippen LogP contribution < -0.4 is 5.32 Å². The number of carbonyl (C=O) groups excluding carboxylic acids is 1. The molecule has 1 saturated carbocycles. The first-order chi connectivity index (χ1) is 14.5. The third kappa shape index (κ3) is 3.56. The molecular formula is C23H28N6O. The molecule has 2 aromatic carbocycles. The average molecular weight is 405 g/mol. The van der Waals surface area contributed by atoms with Gasteiger partial charge in [-0.05, 0) is 66.4 Å². The lowest BCUT2D eigenvalue weighted by molar-refractivity contribution is 0.0936. The number of nitrogens with one attached hydrogen (secondary N) is 1. The van der Waals surface area contributed by atoms with E-state index in [1.165, 1.54) is 5.56 Å². The summed E-state index contributed by atoms with van der Waals surface area (Å²) in [5.41, 5.74) is 3.48. The number of urea groups is 1. The molecule has 1 fully saturated rings. The van der Waals surface area contributed by atoms with Crippen molar-refractivity contribution < 1.29 is 4.79 Å². The van der Waals surface area contributed by atoms with E-state index in [9.17, 15) is 4.79 Å². The van der Waals surface area contributed by atoms with Crippen LogP contribution in [-0.4, -0.2) is 38.2 Å². The molecule has 0 spiro atoms. The molecule has 0 atom stereocenters. The van der Waals surface area contributed by atoms with E-state index in [-0.39, 0.29) is 6.03 Å². The zero-order valence-electron chi connectivity index (χ0n) is 17.8. The second-order valence-corrected chi connectivity index (χ2v) is 8.08. The number of nitrogens with zero attached hydrogens (tertiary/aromatic N) is 5. The fourth-order valence-corrected chi connectivity index (χ4v) is 4.37. The van der Waals surface area contributed by atoms with Crippen molar-refractivity contribution in [3.05, 3.63) is 65.5 Å². The zero-order chi connectivity index (χ0) is 21.1. The second kappa shape index (κ2) is 8.26. The molecule has 3 aromatic rings. The molecule has 1 aliphatic rings. The van der Waals surface area contributed by atoms with Crippen molar-refractivity contribution in [2.24, 2.45) is 0 Å². The highest BCUT2D eigenvalue weighted by Crippen LogP contribution is 2.41. The molecule has 1 aliphatic carbocycles. The Bertz CT molecular complexity index is 1020. The summed E-state index contributed by atoms with van der Waals surface area (Å²) < 4.78 is 1.82. The van der Waals surface area contributed by atoms with Crippen molar-refractivity contribution in [3.8, 4) is 5.69 Å². The molecule has 30 heavy (non-hydrogen) atoms. The fraction of sp³-hybridized carbons (Fsp3) is 0.391. The number of tetrazole rings is 1. The van der Waals surface area contributed by atoms with E-state index in [0.29, 0.717) is 0 Å². The van der Waals surface area contributed by atoms with E-state index in [1.54, 1.807) is 4.90 Å². The highest BCUT2D eigenvalue weighted by atomic mass is 16.2. The minimum atomic E-state index is -0.559. The van der Waals surface area contributed by atoms with Gasteiger partial charge in [0.25, 0.3) is 0 Å². The number of benzene rings is 2. The van der Waals surface area contributed by atoms with Crippen molar-refractivity contribution in [1.82, 2.24) is 25.1 Å². The van der Waals surface area contributed by atoms with Crippen molar-refractivity contribution in [1.29, 1.82) is 0 Å². The number of para-hydroxylation sites is 1. The lowest BCUT2D eigenvalue weighted by Gasteiger charge is -2.43. The number of anilines is 1. The lowest BCUT2D eigenvalue weighted by Crippen LogP contribution is -2.51. The highest BCUT2D eigenvalue weighted by molar-refractivity contribution is 5.89. The first-order valence-corrected chi connectivity index (χ1v) is 10.5. The van der Waals surface area contributed by atoms with Crippen LogP contribution in [0.3, 0.4) is 0 Å². The first-order valence-electron chi connectivity index (χ1n) is 10.5. The maximum absolute atomic E-state index is 13.2. The van der Waals surface area contributed by atoms with Crippen LogP contribution in [0.2, 0.25) is 0 Å². The summed E-state index contributed by atoms with van der Waals surface area (Å²) in [6, 6.07) is 15.5. The number of rotatable bonds is 4. The van der Waals surface area contributed by atoms with Gasteiger partial charge in [0.2, 0.25) is 0 Å². The van der Waals surface area contributed by atoms with Crippen LogP contribution in [0.25, 0.3) is 5.69 Å². The van der Waals surface area contributed by atoms with Gasteiger partial charge in [0, 0.05) is 12.7 Å². The molecule has 0 aliphatic heterocycles.